The third-order valence-electron chi connectivity index (χ3n) is 6.45. The smallest absolute Gasteiger partial charge is 0.264 e. The molecule has 1 aliphatic heterocycles. The van der Waals surface area contributed by atoms with Crippen LogP contribution in [0.15, 0.2) is 29.4 Å². The number of nitrogens with one attached hydrogen (secondary N) is 1. The molecule has 8 nitrogen and oxygen atoms in total. The molecule has 1 saturated carbocycles. The van der Waals surface area contributed by atoms with Crippen molar-refractivity contribution in [3.63, 3.8) is 0 Å². The average Bonchev–Trinajstić information content (AvgIpc) is 3.43. The Bertz CT molecular complexity index is 1090. The molecule has 1 N–H and O–H groups in total. The van der Waals surface area contributed by atoms with Crippen LogP contribution in [0.2, 0.25) is 10.0 Å². The topological polar surface area (TPSA) is 97.2 Å². The zero-order valence-electron chi connectivity index (χ0n) is 17.9. The van der Waals surface area contributed by atoms with Gasteiger partial charge in [-0.05, 0) is 55.7 Å². The van der Waals surface area contributed by atoms with E-state index in [2.05, 4.69) is 15.6 Å². The van der Waals surface area contributed by atoms with Crippen molar-refractivity contribution in [2.24, 2.45) is 11.3 Å². The number of piperidine rings is 1. The van der Waals surface area contributed by atoms with Crippen molar-refractivity contribution < 1.29 is 13.2 Å². The maximum atomic E-state index is 13.0. The lowest BCUT2D eigenvalue weighted by atomic mass is 9.74. The molecule has 2 heterocycles. The number of benzene rings is 1. The summed E-state index contributed by atoms with van der Waals surface area (Å²) in [7, 11) is -3.68. The van der Waals surface area contributed by atoms with Gasteiger partial charge in [0.1, 0.15) is 0 Å². The van der Waals surface area contributed by atoms with E-state index in [1.54, 1.807) is 18.2 Å². The molecule has 0 spiro atoms. The Morgan fingerprint density at radius 2 is 1.97 bits per heavy atom. The molecule has 11 heteroatoms. The molecule has 2 fully saturated rings. The molecule has 2 aliphatic rings. The predicted molar refractivity (Wildman–Crippen MR) is 122 cm³/mol. The monoisotopic (exact) mass is 499 g/mol. The lowest BCUT2D eigenvalue weighted by Gasteiger charge is -2.41. The van der Waals surface area contributed by atoms with Crippen LogP contribution < -0.4 is 5.32 Å². The van der Waals surface area contributed by atoms with Crippen molar-refractivity contribution in [3.05, 3.63) is 40.0 Å². The summed E-state index contributed by atoms with van der Waals surface area (Å²) in [5.74, 6) is 0.409. The first-order valence-corrected chi connectivity index (χ1v) is 13.1. The summed E-state index contributed by atoms with van der Waals surface area (Å²) in [4.78, 5) is 12.7. The van der Waals surface area contributed by atoms with Crippen molar-refractivity contribution >= 4 is 39.1 Å². The number of carbonyl (C=O) groups is 1. The van der Waals surface area contributed by atoms with Crippen LogP contribution in [-0.4, -0.2) is 53.3 Å². The Labute approximate surface area is 198 Å². The van der Waals surface area contributed by atoms with Crippen LogP contribution in [0.3, 0.4) is 0 Å². The van der Waals surface area contributed by atoms with E-state index in [-0.39, 0.29) is 16.3 Å². The van der Waals surface area contributed by atoms with Crippen LogP contribution in [0, 0.1) is 11.3 Å². The van der Waals surface area contributed by atoms with E-state index >= 15 is 0 Å². The van der Waals surface area contributed by atoms with Gasteiger partial charge in [0.25, 0.3) is 15.9 Å². The quantitative estimate of drug-likeness (QED) is 0.598. The minimum absolute atomic E-state index is 0.0141. The number of aromatic nitrogens is 3. The molecule has 4 rings (SSSR count). The maximum Gasteiger partial charge on any atom is 0.264 e. The first kappa shape index (κ1) is 23.5. The summed E-state index contributed by atoms with van der Waals surface area (Å²) in [6, 6.07) is 4.81. The fourth-order valence-corrected chi connectivity index (χ4v) is 6.13. The van der Waals surface area contributed by atoms with E-state index in [0.717, 1.165) is 6.42 Å². The lowest BCUT2D eigenvalue weighted by molar-refractivity contribution is 0.0871. The number of carbonyl (C=O) groups excluding carboxylic acids is 1. The van der Waals surface area contributed by atoms with Crippen molar-refractivity contribution in [1.82, 2.24) is 24.6 Å². The summed E-state index contributed by atoms with van der Waals surface area (Å²) in [5.41, 5.74) is 0.250. The van der Waals surface area contributed by atoms with Gasteiger partial charge in [-0.1, -0.05) is 41.3 Å². The van der Waals surface area contributed by atoms with Crippen molar-refractivity contribution in [3.8, 4) is 0 Å². The SMILES string of the molecule is CCn1cc(S(=O)(=O)N2CCC(CNC(=O)c3ccc(Cl)cc3Cl)(CC3CC3)CC2)nn1. The van der Waals surface area contributed by atoms with Gasteiger partial charge < -0.3 is 5.32 Å². The largest absolute Gasteiger partial charge is 0.351 e. The molecule has 0 radical (unpaired) electrons. The highest BCUT2D eigenvalue weighted by Crippen LogP contribution is 2.46. The molecule has 0 unspecified atom stereocenters. The highest BCUT2D eigenvalue weighted by molar-refractivity contribution is 7.89. The second-order valence-electron chi connectivity index (χ2n) is 8.77. The standard InChI is InChI=1S/C21H27Cl2N5O3S/c1-2-27-13-19(25-26-27)32(30,31)28-9-7-21(8-10-28,12-15-3-4-15)14-24-20(29)17-6-5-16(22)11-18(17)23/h5-6,11,13,15H,2-4,7-10,12,14H2,1H3,(H,24,29). The third kappa shape index (κ3) is 5.11. The van der Waals surface area contributed by atoms with Gasteiger partial charge in [0.15, 0.2) is 0 Å². The Balaban J connectivity index is 1.43. The van der Waals surface area contributed by atoms with Crippen LogP contribution in [0.4, 0.5) is 0 Å². The highest BCUT2D eigenvalue weighted by atomic mass is 35.5. The van der Waals surface area contributed by atoms with E-state index in [1.807, 2.05) is 6.92 Å². The number of nitrogens with zero attached hydrogens (tertiary/aromatic N) is 4. The Morgan fingerprint density at radius 3 is 2.56 bits per heavy atom. The molecule has 1 aliphatic carbocycles. The van der Waals surface area contributed by atoms with Crippen LogP contribution in [-0.2, 0) is 16.6 Å². The Morgan fingerprint density at radius 1 is 1.25 bits per heavy atom. The van der Waals surface area contributed by atoms with E-state index in [0.29, 0.717) is 60.5 Å². The van der Waals surface area contributed by atoms with Crippen LogP contribution in [0.5, 0.6) is 0 Å². The number of rotatable bonds is 8. The summed E-state index contributed by atoms with van der Waals surface area (Å²) in [5, 5.41) is 11.5. The zero-order chi connectivity index (χ0) is 22.9. The Kier molecular flexibility index (Phi) is 6.81. The predicted octanol–water partition coefficient (Wildman–Crippen LogP) is 3.61. The number of halogens is 2. The second kappa shape index (κ2) is 9.29. The van der Waals surface area contributed by atoms with Gasteiger partial charge >= 0.3 is 0 Å². The van der Waals surface area contributed by atoms with Crippen molar-refractivity contribution in [1.29, 1.82) is 0 Å². The van der Waals surface area contributed by atoms with Gasteiger partial charge in [0.2, 0.25) is 5.03 Å². The number of hydrogen-bond donors (Lipinski definition) is 1. The Hall–Kier alpha value is -1.68. The minimum Gasteiger partial charge on any atom is -0.351 e. The molecule has 32 heavy (non-hydrogen) atoms. The van der Waals surface area contributed by atoms with Gasteiger partial charge in [0, 0.05) is 31.2 Å². The summed E-state index contributed by atoms with van der Waals surface area (Å²) >= 11 is 12.1. The molecule has 2 aromatic rings. The van der Waals surface area contributed by atoms with Gasteiger partial charge in [-0.25, -0.2) is 8.42 Å². The molecule has 1 aromatic carbocycles. The van der Waals surface area contributed by atoms with E-state index < -0.39 is 10.0 Å². The molecule has 0 bridgehead atoms. The molecule has 1 saturated heterocycles. The zero-order valence-corrected chi connectivity index (χ0v) is 20.3. The lowest BCUT2D eigenvalue weighted by Crippen LogP contribution is -2.48. The van der Waals surface area contributed by atoms with E-state index in [1.165, 1.54) is 28.0 Å². The van der Waals surface area contributed by atoms with Gasteiger partial charge in [-0.3, -0.25) is 9.48 Å². The minimum atomic E-state index is -3.68. The van der Waals surface area contributed by atoms with Crippen LogP contribution in [0.25, 0.3) is 0 Å². The summed E-state index contributed by atoms with van der Waals surface area (Å²) in [6.07, 6.45) is 6.21. The number of hydrogen-bond acceptors (Lipinski definition) is 5. The van der Waals surface area contributed by atoms with Gasteiger partial charge in [0.05, 0.1) is 16.8 Å². The van der Waals surface area contributed by atoms with Gasteiger partial charge in [-0.2, -0.15) is 4.31 Å². The molecule has 1 aromatic heterocycles. The van der Waals surface area contributed by atoms with Crippen molar-refractivity contribution in [2.45, 2.75) is 50.6 Å². The molecular weight excluding hydrogens is 473 g/mol. The van der Waals surface area contributed by atoms with E-state index in [4.69, 9.17) is 23.2 Å². The molecule has 174 valence electrons. The number of sulfonamides is 1. The first-order valence-electron chi connectivity index (χ1n) is 10.9. The number of amides is 1. The van der Waals surface area contributed by atoms with Gasteiger partial charge in [-0.15, -0.1) is 5.10 Å². The summed E-state index contributed by atoms with van der Waals surface area (Å²) < 4.78 is 29.0. The fraction of sp³-hybridized carbons (Fsp3) is 0.571. The van der Waals surface area contributed by atoms with Crippen molar-refractivity contribution in [2.75, 3.05) is 19.6 Å². The second-order valence-corrected chi connectivity index (χ2v) is 11.5. The molecule has 0 atom stereocenters. The average molecular weight is 500 g/mol. The molecule has 1 amide bonds. The normalized spacial score (nSPS) is 19.1. The summed E-state index contributed by atoms with van der Waals surface area (Å²) in [6.45, 7) is 3.71. The molecular formula is C21H27Cl2N5O3S. The number of aryl methyl sites for hydroxylation is 1. The van der Waals surface area contributed by atoms with Crippen LogP contribution in [0.1, 0.15) is 49.4 Å². The third-order valence-corrected chi connectivity index (χ3v) is 8.76. The maximum absolute atomic E-state index is 13.0. The van der Waals surface area contributed by atoms with Crippen LogP contribution >= 0.6 is 23.2 Å². The highest BCUT2D eigenvalue weighted by Gasteiger charge is 2.42. The van der Waals surface area contributed by atoms with E-state index in [9.17, 15) is 13.2 Å². The first-order chi connectivity index (χ1) is 15.2. The fourth-order valence-electron chi connectivity index (χ4n) is 4.31.